The molecule has 1 saturated carbocycles. The predicted octanol–water partition coefficient (Wildman–Crippen LogP) is 4.81. The van der Waals surface area contributed by atoms with Gasteiger partial charge >= 0.3 is 5.97 Å². The zero-order valence-electron chi connectivity index (χ0n) is 18.8. The zero-order chi connectivity index (χ0) is 23.0. The van der Waals surface area contributed by atoms with E-state index in [9.17, 15) is 4.79 Å². The highest BCUT2D eigenvalue weighted by Crippen LogP contribution is 2.33. The number of aromatic amines is 1. The Morgan fingerprint density at radius 1 is 1.18 bits per heavy atom. The third-order valence-electron chi connectivity index (χ3n) is 6.40. The molecule has 33 heavy (non-hydrogen) atoms. The molecule has 1 aromatic carbocycles. The van der Waals surface area contributed by atoms with E-state index in [4.69, 9.17) is 10.5 Å². The van der Waals surface area contributed by atoms with Crippen LogP contribution in [0.5, 0.6) is 0 Å². The van der Waals surface area contributed by atoms with Crippen molar-refractivity contribution in [3.63, 3.8) is 0 Å². The summed E-state index contributed by atoms with van der Waals surface area (Å²) in [6.07, 6.45) is 6.60. The first-order valence-electron chi connectivity index (χ1n) is 11.3. The van der Waals surface area contributed by atoms with E-state index >= 15 is 0 Å². The summed E-state index contributed by atoms with van der Waals surface area (Å²) in [5.74, 6) is -0.321. The Kier molecular flexibility index (Phi) is 5.42. The van der Waals surface area contributed by atoms with E-state index in [0.717, 1.165) is 64.8 Å². The van der Waals surface area contributed by atoms with Crippen molar-refractivity contribution >= 4 is 16.9 Å². The van der Waals surface area contributed by atoms with Crippen LogP contribution in [0, 0.1) is 6.92 Å². The van der Waals surface area contributed by atoms with Gasteiger partial charge in [0, 0.05) is 28.4 Å². The Morgan fingerprint density at radius 3 is 2.79 bits per heavy atom. The van der Waals surface area contributed by atoms with E-state index in [2.05, 4.69) is 27.1 Å². The van der Waals surface area contributed by atoms with Crippen LogP contribution in [0.15, 0.2) is 54.9 Å². The lowest BCUT2D eigenvalue weighted by Crippen LogP contribution is -2.42. The van der Waals surface area contributed by atoms with Crippen molar-refractivity contribution < 1.29 is 9.53 Å². The molecule has 7 nitrogen and oxygen atoms in total. The molecule has 0 amide bonds. The number of nitrogens with zero attached hydrogens (tertiary/aromatic N) is 3. The van der Waals surface area contributed by atoms with Gasteiger partial charge in [0.2, 0.25) is 0 Å². The fraction of sp³-hybridized carbons (Fsp3) is 0.308. The molecule has 0 radical (unpaired) electrons. The summed E-state index contributed by atoms with van der Waals surface area (Å²) in [5.41, 5.74) is 11.7. The van der Waals surface area contributed by atoms with Crippen molar-refractivity contribution in [1.29, 1.82) is 0 Å². The molecule has 1 aliphatic carbocycles. The lowest BCUT2D eigenvalue weighted by molar-refractivity contribution is 0.0155. The van der Waals surface area contributed by atoms with Crippen LogP contribution in [0.2, 0.25) is 0 Å². The molecule has 168 valence electrons. The van der Waals surface area contributed by atoms with Gasteiger partial charge in [-0.2, -0.15) is 5.10 Å². The average Bonchev–Trinajstić information content (AvgIpc) is 3.30. The summed E-state index contributed by atoms with van der Waals surface area (Å²) in [5, 5.41) is 8.07. The average molecular weight is 442 g/mol. The van der Waals surface area contributed by atoms with Crippen molar-refractivity contribution in [2.45, 2.75) is 51.2 Å². The SMILES string of the molecule is Cc1cccc(-c2[nH]ncc2-c2ccc3nccc(C(=O)OC4CCC(C)(N)CC4)c3c2)n1. The monoisotopic (exact) mass is 441 g/mol. The van der Waals surface area contributed by atoms with Crippen LogP contribution in [0.4, 0.5) is 0 Å². The second-order valence-corrected chi connectivity index (χ2v) is 9.17. The number of H-pyrrole nitrogens is 1. The number of nitrogens with two attached hydrogens (primary N) is 1. The molecule has 3 heterocycles. The Bertz CT molecular complexity index is 1320. The Balaban J connectivity index is 1.48. The molecule has 0 saturated heterocycles. The molecule has 0 unspecified atom stereocenters. The maximum Gasteiger partial charge on any atom is 0.339 e. The number of hydrogen-bond donors (Lipinski definition) is 2. The summed E-state index contributed by atoms with van der Waals surface area (Å²) in [4.78, 5) is 22.2. The van der Waals surface area contributed by atoms with Crippen molar-refractivity contribution in [2.24, 2.45) is 5.73 Å². The van der Waals surface area contributed by atoms with Crippen molar-refractivity contribution in [3.05, 3.63) is 66.1 Å². The number of fused-ring (bicyclic) bond motifs is 1. The third kappa shape index (κ3) is 4.36. The van der Waals surface area contributed by atoms with Gasteiger partial charge in [0.05, 0.1) is 28.7 Å². The summed E-state index contributed by atoms with van der Waals surface area (Å²) < 4.78 is 5.86. The van der Waals surface area contributed by atoms with E-state index in [0.29, 0.717) is 5.56 Å². The van der Waals surface area contributed by atoms with Gasteiger partial charge in [0.1, 0.15) is 6.10 Å². The third-order valence-corrected chi connectivity index (χ3v) is 6.40. The van der Waals surface area contributed by atoms with Crippen LogP contribution >= 0.6 is 0 Å². The van der Waals surface area contributed by atoms with Crippen LogP contribution in [0.1, 0.15) is 48.7 Å². The van der Waals surface area contributed by atoms with Gasteiger partial charge in [0.25, 0.3) is 0 Å². The second kappa shape index (κ2) is 8.41. The molecule has 0 bridgehead atoms. The molecular weight excluding hydrogens is 414 g/mol. The maximum absolute atomic E-state index is 13.1. The topological polar surface area (TPSA) is 107 Å². The van der Waals surface area contributed by atoms with Gasteiger partial charge < -0.3 is 10.5 Å². The molecule has 5 rings (SSSR count). The smallest absolute Gasteiger partial charge is 0.339 e. The van der Waals surface area contributed by atoms with E-state index in [-0.39, 0.29) is 17.6 Å². The lowest BCUT2D eigenvalue weighted by Gasteiger charge is -2.33. The number of nitrogens with one attached hydrogen (secondary N) is 1. The quantitative estimate of drug-likeness (QED) is 0.440. The number of aromatic nitrogens is 4. The molecule has 4 aromatic rings. The highest BCUT2D eigenvalue weighted by molar-refractivity contribution is 6.04. The number of rotatable bonds is 4. The molecular formula is C26H27N5O2. The number of benzene rings is 1. The highest BCUT2D eigenvalue weighted by Gasteiger charge is 2.30. The Labute approximate surface area is 192 Å². The number of aryl methyl sites for hydroxylation is 1. The molecule has 1 fully saturated rings. The van der Waals surface area contributed by atoms with Crippen molar-refractivity contribution in [1.82, 2.24) is 20.2 Å². The van der Waals surface area contributed by atoms with Gasteiger partial charge in [-0.3, -0.25) is 15.1 Å². The molecule has 7 heteroatoms. The van der Waals surface area contributed by atoms with Gasteiger partial charge in [-0.05, 0) is 75.4 Å². The van der Waals surface area contributed by atoms with Gasteiger partial charge in [-0.1, -0.05) is 12.1 Å². The first kappa shape index (κ1) is 21.3. The number of carbonyl (C=O) groups is 1. The number of esters is 1. The van der Waals surface area contributed by atoms with Crippen LogP contribution < -0.4 is 5.73 Å². The number of carbonyl (C=O) groups excluding carboxylic acids is 1. The summed E-state index contributed by atoms with van der Waals surface area (Å²) >= 11 is 0. The van der Waals surface area contributed by atoms with E-state index in [1.54, 1.807) is 18.5 Å². The minimum absolute atomic E-state index is 0.103. The van der Waals surface area contributed by atoms with E-state index in [1.165, 1.54) is 0 Å². The summed E-state index contributed by atoms with van der Waals surface area (Å²) in [6.45, 7) is 4.01. The Hall–Kier alpha value is -3.58. The minimum atomic E-state index is -0.321. The van der Waals surface area contributed by atoms with Gasteiger partial charge in [-0.25, -0.2) is 4.79 Å². The van der Waals surface area contributed by atoms with Crippen molar-refractivity contribution in [3.8, 4) is 22.5 Å². The van der Waals surface area contributed by atoms with E-state index in [1.807, 2.05) is 43.3 Å². The van der Waals surface area contributed by atoms with Crippen molar-refractivity contribution in [2.75, 3.05) is 0 Å². The molecule has 3 aromatic heterocycles. The highest BCUT2D eigenvalue weighted by atomic mass is 16.5. The maximum atomic E-state index is 13.1. The largest absolute Gasteiger partial charge is 0.459 e. The zero-order valence-corrected chi connectivity index (χ0v) is 18.8. The molecule has 0 aliphatic heterocycles. The standard InChI is InChI=1S/C26H27N5O2/c1-16-4-3-5-23(30-16)24-21(15-29-31-24)17-6-7-22-20(14-17)19(10-13-28-22)25(32)33-18-8-11-26(2,27)12-9-18/h3-7,10,13-15,18H,8-9,11-12,27H2,1-2H3,(H,29,31). The first-order valence-corrected chi connectivity index (χ1v) is 11.3. The molecule has 1 aliphatic rings. The number of hydrogen-bond acceptors (Lipinski definition) is 6. The molecule has 0 spiro atoms. The first-order chi connectivity index (χ1) is 15.9. The van der Waals surface area contributed by atoms with Crippen LogP contribution in [0.25, 0.3) is 33.4 Å². The number of ether oxygens (including phenoxy) is 1. The lowest BCUT2D eigenvalue weighted by atomic mass is 9.83. The van der Waals surface area contributed by atoms with E-state index < -0.39 is 0 Å². The minimum Gasteiger partial charge on any atom is -0.459 e. The van der Waals surface area contributed by atoms with Crippen LogP contribution in [-0.4, -0.2) is 37.8 Å². The second-order valence-electron chi connectivity index (χ2n) is 9.17. The summed E-state index contributed by atoms with van der Waals surface area (Å²) in [7, 11) is 0. The number of pyridine rings is 2. The fourth-order valence-corrected chi connectivity index (χ4v) is 4.46. The fourth-order valence-electron chi connectivity index (χ4n) is 4.46. The predicted molar refractivity (Wildman–Crippen MR) is 128 cm³/mol. The van der Waals surface area contributed by atoms with Crippen LogP contribution in [0.3, 0.4) is 0 Å². The summed E-state index contributed by atoms with van der Waals surface area (Å²) in [6, 6.07) is 13.5. The van der Waals surface area contributed by atoms with Gasteiger partial charge in [0.15, 0.2) is 0 Å². The molecule has 0 atom stereocenters. The normalized spacial score (nSPS) is 20.6. The Morgan fingerprint density at radius 2 is 2.00 bits per heavy atom. The molecule has 3 N–H and O–H groups in total. The van der Waals surface area contributed by atoms with Gasteiger partial charge in [-0.15, -0.1) is 0 Å². The van der Waals surface area contributed by atoms with Crippen LogP contribution in [-0.2, 0) is 4.74 Å².